The molecule has 0 saturated heterocycles. The zero-order valence-electron chi connectivity index (χ0n) is 9.93. The van der Waals surface area contributed by atoms with Crippen molar-refractivity contribution in [1.82, 2.24) is 0 Å². The molecule has 1 aromatic rings. The lowest BCUT2D eigenvalue weighted by molar-refractivity contribution is -0.176. The van der Waals surface area contributed by atoms with Crippen LogP contribution < -0.4 is 9.47 Å². The summed E-state index contributed by atoms with van der Waals surface area (Å²) in [6.07, 6.45) is 0. The van der Waals surface area contributed by atoms with Crippen molar-refractivity contribution in [2.24, 2.45) is 0 Å². The maximum atomic E-state index is 11.7. The van der Waals surface area contributed by atoms with Gasteiger partial charge >= 0.3 is 11.9 Å². The number of benzene rings is 1. The van der Waals surface area contributed by atoms with Crippen LogP contribution in [0.25, 0.3) is 0 Å². The van der Waals surface area contributed by atoms with E-state index in [4.69, 9.17) is 14.2 Å². The van der Waals surface area contributed by atoms with Crippen molar-refractivity contribution < 1.29 is 28.9 Å². The van der Waals surface area contributed by atoms with E-state index in [9.17, 15) is 14.7 Å². The van der Waals surface area contributed by atoms with Crippen molar-refractivity contribution in [3.63, 3.8) is 0 Å². The maximum absolute atomic E-state index is 11.7. The molecule has 2 rings (SSSR count). The van der Waals surface area contributed by atoms with E-state index in [1.807, 2.05) is 0 Å². The standard InChI is InChI=1S/C12H12O6/c1-3-17-10(13)12(15)8-6-7(16-2)4-5-9(8)18-11(12)14/h4-6,15H,3H2,1-2H3. The minimum atomic E-state index is -2.42. The lowest BCUT2D eigenvalue weighted by atomic mass is 9.95. The van der Waals surface area contributed by atoms with Crippen LogP contribution in [0.1, 0.15) is 12.5 Å². The Hall–Kier alpha value is -2.08. The van der Waals surface area contributed by atoms with E-state index < -0.39 is 17.5 Å². The number of esters is 2. The van der Waals surface area contributed by atoms with Crippen molar-refractivity contribution in [2.45, 2.75) is 12.5 Å². The fourth-order valence-corrected chi connectivity index (χ4v) is 1.72. The Kier molecular flexibility index (Phi) is 2.96. The van der Waals surface area contributed by atoms with Gasteiger partial charge in [-0.1, -0.05) is 0 Å². The molecule has 6 heteroatoms. The Morgan fingerprint density at radius 2 is 2.22 bits per heavy atom. The number of rotatable bonds is 3. The van der Waals surface area contributed by atoms with Gasteiger partial charge in [-0.2, -0.15) is 0 Å². The number of fused-ring (bicyclic) bond motifs is 1. The Balaban J connectivity index is 2.51. The smallest absolute Gasteiger partial charge is 0.360 e. The molecule has 1 heterocycles. The Bertz CT molecular complexity index is 509. The van der Waals surface area contributed by atoms with E-state index in [0.29, 0.717) is 5.75 Å². The highest BCUT2D eigenvalue weighted by atomic mass is 16.6. The third-order valence-corrected chi connectivity index (χ3v) is 2.65. The summed E-state index contributed by atoms with van der Waals surface area (Å²) in [5.74, 6) is -1.60. The van der Waals surface area contributed by atoms with Crippen LogP contribution in [0, 0.1) is 0 Å². The first-order valence-corrected chi connectivity index (χ1v) is 5.34. The van der Waals surface area contributed by atoms with Gasteiger partial charge in [-0.25, -0.2) is 9.59 Å². The summed E-state index contributed by atoms with van der Waals surface area (Å²) in [4.78, 5) is 23.4. The highest BCUT2D eigenvalue weighted by Crippen LogP contribution is 2.40. The molecule has 1 aliphatic heterocycles. The number of methoxy groups -OCH3 is 1. The molecule has 0 saturated carbocycles. The van der Waals surface area contributed by atoms with E-state index in [-0.39, 0.29) is 17.9 Å². The van der Waals surface area contributed by atoms with Crippen molar-refractivity contribution >= 4 is 11.9 Å². The summed E-state index contributed by atoms with van der Waals surface area (Å²) in [6.45, 7) is 1.63. The first kappa shape index (κ1) is 12.4. The lowest BCUT2D eigenvalue weighted by Gasteiger charge is -2.16. The van der Waals surface area contributed by atoms with E-state index in [0.717, 1.165) is 0 Å². The van der Waals surface area contributed by atoms with E-state index in [1.165, 1.54) is 19.2 Å². The molecule has 1 unspecified atom stereocenters. The Morgan fingerprint density at radius 1 is 1.50 bits per heavy atom. The number of hydrogen-bond donors (Lipinski definition) is 1. The second-order valence-corrected chi connectivity index (χ2v) is 3.68. The summed E-state index contributed by atoms with van der Waals surface area (Å²) in [6, 6.07) is 4.38. The van der Waals surface area contributed by atoms with Gasteiger partial charge in [0.25, 0.3) is 5.60 Å². The van der Waals surface area contributed by atoms with Gasteiger partial charge < -0.3 is 19.3 Å². The summed E-state index contributed by atoms with van der Waals surface area (Å²) >= 11 is 0. The molecule has 0 fully saturated rings. The van der Waals surface area contributed by atoms with Gasteiger partial charge in [-0.3, -0.25) is 0 Å². The summed E-state index contributed by atoms with van der Waals surface area (Å²) in [7, 11) is 1.43. The van der Waals surface area contributed by atoms with Gasteiger partial charge in [0.2, 0.25) is 0 Å². The maximum Gasteiger partial charge on any atom is 0.360 e. The quantitative estimate of drug-likeness (QED) is 0.475. The minimum absolute atomic E-state index is 0.0327. The highest BCUT2D eigenvalue weighted by Gasteiger charge is 2.55. The third kappa shape index (κ3) is 1.62. The monoisotopic (exact) mass is 252 g/mol. The van der Waals surface area contributed by atoms with Crippen molar-refractivity contribution in [2.75, 3.05) is 13.7 Å². The Morgan fingerprint density at radius 3 is 2.83 bits per heavy atom. The summed E-state index contributed by atoms with van der Waals surface area (Å²) in [5.41, 5.74) is -2.38. The molecule has 96 valence electrons. The van der Waals surface area contributed by atoms with Crippen molar-refractivity contribution in [3.05, 3.63) is 23.8 Å². The number of aliphatic hydroxyl groups is 1. The average Bonchev–Trinajstić information content (AvgIpc) is 2.62. The van der Waals surface area contributed by atoms with Crippen LogP contribution >= 0.6 is 0 Å². The number of carbonyl (C=O) groups is 2. The van der Waals surface area contributed by atoms with E-state index >= 15 is 0 Å². The van der Waals surface area contributed by atoms with Crippen LogP contribution in [-0.2, 0) is 19.9 Å². The van der Waals surface area contributed by atoms with Crippen LogP contribution in [0.15, 0.2) is 18.2 Å². The fraction of sp³-hybridized carbons (Fsp3) is 0.333. The number of ether oxygens (including phenoxy) is 3. The van der Waals surface area contributed by atoms with Gasteiger partial charge in [0.15, 0.2) is 0 Å². The van der Waals surface area contributed by atoms with Gasteiger partial charge in [-0.05, 0) is 25.1 Å². The first-order chi connectivity index (χ1) is 8.53. The fourth-order valence-electron chi connectivity index (χ4n) is 1.72. The van der Waals surface area contributed by atoms with Crippen molar-refractivity contribution in [3.8, 4) is 11.5 Å². The molecule has 0 aromatic heterocycles. The molecule has 6 nitrogen and oxygen atoms in total. The molecule has 0 spiro atoms. The molecule has 1 N–H and O–H groups in total. The summed E-state index contributed by atoms with van der Waals surface area (Å²) < 4.78 is 14.5. The number of hydrogen-bond acceptors (Lipinski definition) is 6. The van der Waals surface area contributed by atoms with E-state index in [1.54, 1.807) is 13.0 Å². The lowest BCUT2D eigenvalue weighted by Crippen LogP contribution is -2.43. The Labute approximate surface area is 103 Å². The van der Waals surface area contributed by atoms with Crippen LogP contribution in [0.2, 0.25) is 0 Å². The van der Waals surface area contributed by atoms with Gasteiger partial charge in [0, 0.05) is 0 Å². The molecule has 18 heavy (non-hydrogen) atoms. The minimum Gasteiger partial charge on any atom is -0.497 e. The molecule has 0 amide bonds. The molecule has 0 aliphatic carbocycles. The topological polar surface area (TPSA) is 82.1 Å². The van der Waals surface area contributed by atoms with Crippen LogP contribution in [0.3, 0.4) is 0 Å². The predicted molar refractivity (Wildman–Crippen MR) is 59.2 cm³/mol. The average molecular weight is 252 g/mol. The first-order valence-electron chi connectivity index (χ1n) is 5.34. The molecule has 1 aromatic carbocycles. The van der Waals surface area contributed by atoms with Crippen LogP contribution in [0.5, 0.6) is 11.5 Å². The predicted octanol–water partition coefficient (Wildman–Crippen LogP) is 0.365. The van der Waals surface area contributed by atoms with Gasteiger partial charge in [0.05, 0.1) is 19.3 Å². The molecular formula is C12H12O6. The highest BCUT2D eigenvalue weighted by molar-refractivity contribution is 6.08. The zero-order chi connectivity index (χ0) is 13.3. The van der Waals surface area contributed by atoms with Crippen LogP contribution in [-0.4, -0.2) is 30.8 Å². The second kappa shape index (κ2) is 4.30. The molecular weight excluding hydrogens is 240 g/mol. The third-order valence-electron chi connectivity index (χ3n) is 2.65. The SMILES string of the molecule is CCOC(=O)C1(O)C(=O)Oc2ccc(OC)cc21. The summed E-state index contributed by atoms with van der Waals surface area (Å²) in [5, 5.41) is 10.2. The van der Waals surface area contributed by atoms with Gasteiger partial charge in [-0.15, -0.1) is 0 Å². The molecule has 1 aliphatic rings. The van der Waals surface area contributed by atoms with Gasteiger partial charge in [0.1, 0.15) is 11.5 Å². The van der Waals surface area contributed by atoms with Crippen molar-refractivity contribution in [1.29, 1.82) is 0 Å². The van der Waals surface area contributed by atoms with Crippen LogP contribution in [0.4, 0.5) is 0 Å². The second-order valence-electron chi connectivity index (χ2n) is 3.68. The normalized spacial score (nSPS) is 21.2. The van der Waals surface area contributed by atoms with E-state index in [2.05, 4.69) is 0 Å². The molecule has 0 bridgehead atoms. The number of carbonyl (C=O) groups excluding carboxylic acids is 2. The molecule has 0 radical (unpaired) electrons. The largest absolute Gasteiger partial charge is 0.497 e. The zero-order valence-corrected chi connectivity index (χ0v) is 9.93. The molecule has 1 atom stereocenters.